The molecule has 6 heteroatoms. The van der Waals surface area contributed by atoms with Gasteiger partial charge in [0.1, 0.15) is 5.75 Å². The standard InChI is InChI=1S/C23H17BrClN3O/c1-29-22-12-9-18(24)13-17(22)15-26-23-14-21(16-7-10-19(25)11-8-16)27-28(23)20-5-3-2-4-6-20/h2-15H,1H3. The van der Waals surface area contributed by atoms with E-state index in [0.717, 1.165) is 32.7 Å². The van der Waals surface area contributed by atoms with Gasteiger partial charge in [-0.25, -0.2) is 9.67 Å². The lowest BCUT2D eigenvalue weighted by Gasteiger charge is -2.05. The normalized spacial score (nSPS) is 11.1. The maximum absolute atomic E-state index is 6.03. The number of benzene rings is 3. The molecule has 0 unspecified atom stereocenters. The lowest BCUT2D eigenvalue weighted by molar-refractivity contribution is 0.414. The molecule has 4 nitrogen and oxygen atoms in total. The van der Waals surface area contributed by atoms with Crippen LogP contribution >= 0.6 is 27.5 Å². The maximum atomic E-state index is 6.03. The number of rotatable bonds is 5. The Morgan fingerprint density at radius 3 is 2.48 bits per heavy atom. The van der Waals surface area contributed by atoms with E-state index in [4.69, 9.17) is 26.4 Å². The molecule has 0 radical (unpaired) electrons. The molecular formula is C23H17BrClN3O. The summed E-state index contributed by atoms with van der Waals surface area (Å²) in [6, 6.07) is 25.3. The second kappa shape index (κ2) is 8.64. The lowest BCUT2D eigenvalue weighted by Crippen LogP contribution is -1.96. The molecule has 1 aromatic heterocycles. The first-order valence-corrected chi connectivity index (χ1v) is 10.1. The number of hydrogen-bond donors (Lipinski definition) is 0. The van der Waals surface area contributed by atoms with Crippen molar-refractivity contribution in [2.24, 2.45) is 4.99 Å². The predicted octanol–water partition coefficient (Wildman–Crippen LogP) is 6.71. The van der Waals surface area contributed by atoms with Crippen LogP contribution in [-0.4, -0.2) is 23.1 Å². The molecule has 0 aliphatic heterocycles. The van der Waals surface area contributed by atoms with Crippen LogP contribution in [0.1, 0.15) is 5.56 Å². The third-order valence-corrected chi connectivity index (χ3v) is 5.10. The Morgan fingerprint density at radius 2 is 1.76 bits per heavy atom. The molecule has 0 fully saturated rings. The number of methoxy groups -OCH3 is 1. The van der Waals surface area contributed by atoms with Gasteiger partial charge in [-0.2, -0.15) is 5.10 Å². The van der Waals surface area contributed by atoms with Gasteiger partial charge in [-0.15, -0.1) is 0 Å². The summed E-state index contributed by atoms with van der Waals surface area (Å²) in [6.07, 6.45) is 1.78. The fourth-order valence-electron chi connectivity index (χ4n) is 2.93. The van der Waals surface area contributed by atoms with Crippen molar-refractivity contribution < 1.29 is 4.74 Å². The second-order valence-corrected chi connectivity index (χ2v) is 7.64. The number of halogens is 2. The highest BCUT2D eigenvalue weighted by Crippen LogP contribution is 2.28. The topological polar surface area (TPSA) is 39.4 Å². The van der Waals surface area contributed by atoms with E-state index in [9.17, 15) is 0 Å². The number of ether oxygens (including phenoxy) is 1. The highest BCUT2D eigenvalue weighted by atomic mass is 79.9. The molecule has 0 saturated carbocycles. The van der Waals surface area contributed by atoms with E-state index >= 15 is 0 Å². The van der Waals surface area contributed by atoms with Gasteiger partial charge in [0.05, 0.1) is 18.5 Å². The van der Waals surface area contributed by atoms with Crippen LogP contribution < -0.4 is 4.74 Å². The van der Waals surface area contributed by atoms with Crippen molar-refractivity contribution in [3.8, 4) is 22.7 Å². The van der Waals surface area contributed by atoms with Crippen molar-refractivity contribution in [2.75, 3.05) is 7.11 Å². The summed E-state index contributed by atoms with van der Waals surface area (Å²) in [6.45, 7) is 0. The number of aromatic nitrogens is 2. The molecule has 0 aliphatic carbocycles. The van der Waals surface area contributed by atoms with Crippen LogP contribution in [0.15, 0.2) is 88.3 Å². The van der Waals surface area contributed by atoms with Gasteiger partial charge in [0.25, 0.3) is 0 Å². The number of para-hydroxylation sites is 1. The van der Waals surface area contributed by atoms with Crippen LogP contribution in [0.2, 0.25) is 5.02 Å². The third-order valence-electron chi connectivity index (χ3n) is 4.36. The fourth-order valence-corrected chi connectivity index (χ4v) is 3.43. The van der Waals surface area contributed by atoms with E-state index in [1.807, 2.05) is 83.5 Å². The third kappa shape index (κ3) is 4.42. The van der Waals surface area contributed by atoms with E-state index in [1.54, 1.807) is 13.3 Å². The molecule has 0 bridgehead atoms. The van der Waals surface area contributed by atoms with Gasteiger partial charge in [0, 0.05) is 32.9 Å². The maximum Gasteiger partial charge on any atom is 0.156 e. The molecule has 0 aliphatic rings. The number of aliphatic imine (C=N–C) groups is 1. The summed E-state index contributed by atoms with van der Waals surface area (Å²) in [5, 5.41) is 5.46. The van der Waals surface area contributed by atoms with Gasteiger partial charge in [-0.1, -0.05) is 57.9 Å². The van der Waals surface area contributed by atoms with Crippen molar-refractivity contribution in [3.05, 3.63) is 93.9 Å². The molecule has 0 saturated heterocycles. The van der Waals surface area contributed by atoms with Gasteiger partial charge in [-0.05, 0) is 42.5 Å². The van der Waals surface area contributed by atoms with Crippen molar-refractivity contribution in [2.45, 2.75) is 0 Å². The largest absolute Gasteiger partial charge is 0.496 e. The molecule has 4 aromatic rings. The fraction of sp³-hybridized carbons (Fsp3) is 0.0435. The summed E-state index contributed by atoms with van der Waals surface area (Å²) in [4.78, 5) is 4.71. The quantitative estimate of drug-likeness (QED) is 0.306. The second-order valence-electron chi connectivity index (χ2n) is 6.29. The molecular weight excluding hydrogens is 450 g/mol. The predicted molar refractivity (Wildman–Crippen MR) is 122 cm³/mol. The molecule has 1 heterocycles. The molecule has 3 aromatic carbocycles. The Labute approximate surface area is 182 Å². The van der Waals surface area contributed by atoms with Crippen LogP contribution in [-0.2, 0) is 0 Å². The van der Waals surface area contributed by atoms with Crippen molar-refractivity contribution >= 4 is 39.6 Å². The van der Waals surface area contributed by atoms with E-state index in [1.165, 1.54) is 0 Å². The molecule has 144 valence electrons. The first-order valence-electron chi connectivity index (χ1n) is 8.93. The van der Waals surface area contributed by atoms with Crippen LogP contribution in [0.25, 0.3) is 16.9 Å². The van der Waals surface area contributed by atoms with E-state index in [2.05, 4.69) is 15.9 Å². The van der Waals surface area contributed by atoms with Gasteiger partial charge in [0.2, 0.25) is 0 Å². The molecule has 29 heavy (non-hydrogen) atoms. The number of hydrogen-bond acceptors (Lipinski definition) is 3. The summed E-state index contributed by atoms with van der Waals surface area (Å²) < 4.78 is 8.22. The van der Waals surface area contributed by atoms with Gasteiger partial charge in [-0.3, -0.25) is 0 Å². The average Bonchev–Trinajstić information content (AvgIpc) is 3.18. The molecule has 0 atom stereocenters. The highest BCUT2D eigenvalue weighted by Gasteiger charge is 2.11. The van der Waals surface area contributed by atoms with Gasteiger partial charge in [0.15, 0.2) is 5.82 Å². The van der Waals surface area contributed by atoms with E-state index in [-0.39, 0.29) is 0 Å². The summed E-state index contributed by atoms with van der Waals surface area (Å²) in [7, 11) is 1.65. The Bertz CT molecular complexity index is 1150. The smallest absolute Gasteiger partial charge is 0.156 e. The van der Waals surface area contributed by atoms with Crippen molar-refractivity contribution in [1.29, 1.82) is 0 Å². The number of nitrogens with zero attached hydrogens (tertiary/aromatic N) is 3. The monoisotopic (exact) mass is 465 g/mol. The van der Waals surface area contributed by atoms with Gasteiger partial charge >= 0.3 is 0 Å². The zero-order valence-corrected chi connectivity index (χ0v) is 17.9. The minimum atomic E-state index is 0.691. The summed E-state index contributed by atoms with van der Waals surface area (Å²) >= 11 is 9.52. The van der Waals surface area contributed by atoms with Crippen LogP contribution in [0.5, 0.6) is 5.75 Å². The van der Waals surface area contributed by atoms with Crippen molar-refractivity contribution in [1.82, 2.24) is 9.78 Å². The zero-order chi connectivity index (χ0) is 20.2. The lowest BCUT2D eigenvalue weighted by atomic mass is 10.1. The van der Waals surface area contributed by atoms with Crippen LogP contribution in [0.3, 0.4) is 0 Å². The first-order chi connectivity index (χ1) is 14.1. The minimum Gasteiger partial charge on any atom is -0.496 e. The van der Waals surface area contributed by atoms with E-state index in [0.29, 0.717) is 10.8 Å². The first kappa shape index (κ1) is 19.4. The SMILES string of the molecule is COc1ccc(Br)cc1C=Nc1cc(-c2ccc(Cl)cc2)nn1-c1ccccc1. The average molecular weight is 467 g/mol. The molecule has 0 spiro atoms. The molecule has 4 rings (SSSR count). The Kier molecular flexibility index (Phi) is 5.79. The van der Waals surface area contributed by atoms with Crippen LogP contribution in [0.4, 0.5) is 5.82 Å². The Hall–Kier alpha value is -2.89. The minimum absolute atomic E-state index is 0.691. The molecule has 0 amide bonds. The Morgan fingerprint density at radius 1 is 1.00 bits per heavy atom. The molecule has 0 N–H and O–H groups in total. The Balaban J connectivity index is 1.79. The summed E-state index contributed by atoms with van der Waals surface area (Å²) in [5.41, 5.74) is 3.59. The summed E-state index contributed by atoms with van der Waals surface area (Å²) in [5.74, 6) is 1.46. The zero-order valence-electron chi connectivity index (χ0n) is 15.6. The highest BCUT2D eigenvalue weighted by molar-refractivity contribution is 9.10. The van der Waals surface area contributed by atoms with Crippen molar-refractivity contribution in [3.63, 3.8) is 0 Å². The van der Waals surface area contributed by atoms with Gasteiger partial charge < -0.3 is 4.74 Å². The van der Waals surface area contributed by atoms with Crippen LogP contribution in [0, 0.1) is 0 Å². The van der Waals surface area contributed by atoms with E-state index < -0.39 is 0 Å².